The van der Waals surface area contributed by atoms with Crippen LogP contribution >= 0.6 is 11.8 Å². The van der Waals surface area contributed by atoms with Crippen molar-refractivity contribution >= 4 is 34.3 Å². The maximum Gasteiger partial charge on any atom is 0.387 e. The van der Waals surface area contributed by atoms with Gasteiger partial charge in [0.2, 0.25) is 5.91 Å². The van der Waals surface area contributed by atoms with Gasteiger partial charge in [0.25, 0.3) is 5.56 Å². The number of amides is 1. The number of carbonyl (C=O) groups excluding carboxylic acids is 1. The lowest BCUT2D eigenvalue weighted by Crippen LogP contribution is -2.23. The van der Waals surface area contributed by atoms with Crippen LogP contribution in [0.1, 0.15) is 0 Å². The van der Waals surface area contributed by atoms with Gasteiger partial charge in [-0.15, -0.1) is 6.58 Å². The van der Waals surface area contributed by atoms with Crippen LogP contribution in [0.15, 0.2) is 71.1 Å². The van der Waals surface area contributed by atoms with Gasteiger partial charge in [0.1, 0.15) is 5.75 Å². The summed E-state index contributed by atoms with van der Waals surface area (Å²) in [7, 11) is 0. The highest BCUT2D eigenvalue weighted by Crippen LogP contribution is 2.26. The summed E-state index contributed by atoms with van der Waals surface area (Å²) in [5.41, 5.74) is 0.429. The zero-order valence-electron chi connectivity index (χ0n) is 15.2. The number of aromatic nitrogens is 2. The number of hydrogen-bond acceptors (Lipinski definition) is 5. The van der Waals surface area contributed by atoms with Crippen LogP contribution in [0.3, 0.4) is 0 Å². The molecule has 3 aromatic rings. The highest BCUT2D eigenvalue weighted by Gasteiger charge is 2.15. The third kappa shape index (κ3) is 5.00. The van der Waals surface area contributed by atoms with E-state index in [-0.39, 0.29) is 29.3 Å². The molecule has 0 atom stereocenters. The van der Waals surface area contributed by atoms with Crippen LogP contribution in [0.25, 0.3) is 10.9 Å². The Morgan fingerprint density at radius 2 is 1.97 bits per heavy atom. The van der Waals surface area contributed by atoms with Crippen LogP contribution in [0, 0.1) is 0 Å². The number of rotatable bonds is 8. The fourth-order valence-electron chi connectivity index (χ4n) is 2.63. The van der Waals surface area contributed by atoms with Crippen LogP contribution in [-0.2, 0) is 11.3 Å². The minimum absolute atomic E-state index is 0.0784. The van der Waals surface area contributed by atoms with Crippen molar-refractivity contribution in [2.24, 2.45) is 0 Å². The molecular weight excluding hydrogens is 400 g/mol. The van der Waals surface area contributed by atoms with Gasteiger partial charge in [-0.3, -0.25) is 14.2 Å². The van der Waals surface area contributed by atoms with E-state index >= 15 is 0 Å². The van der Waals surface area contributed by atoms with E-state index < -0.39 is 12.5 Å². The van der Waals surface area contributed by atoms with Crippen LogP contribution in [-0.4, -0.2) is 27.8 Å². The molecule has 1 amide bonds. The molecule has 150 valence electrons. The summed E-state index contributed by atoms with van der Waals surface area (Å²) < 4.78 is 30.8. The first-order valence-electron chi connectivity index (χ1n) is 8.56. The Kier molecular flexibility index (Phi) is 6.61. The number of ether oxygens (including phenoxy) is 1. The third-order valence-electron chi connectivity index (χ3n) is 3.85. The van der Waals surface area contributed by atoms with Gasteiger partial charge in [-0.05, 0) is 24.3 Å². The fourth-order valence-corrected chi connectivity index (χ4v) is 3.44. The predicted molar refractivity (Wildman–Crippen MR) is 109 cm³/mol. The molecule has 0 fully saturated rings. The number of benzene rings is 2. The first-order valence-corrected chi connectivity index (χ1v) is 9.55. The summed E-state index contributed by atoms with van der Waals surface area (Å²) in [6.45, 7) is 0.891. The van der Waals surface area contributed by atoms with E-state index in [0.717, 1.165) is 11.8 Å². The number of nitrogens with zero attached hydrogens (tertiary/aromatic N) is 2. The molecule has 9 heteroatoms. The van der Waals surface area contributed by atoms with Gasteiger partial charge in [0, 0.05) is 6.54 Å². The molecule has 2 aromatic carbocycles. The largest absolute Gasteiger partial charge is 0.433 e. The summed E-state index contributed by atoms with van der Waals surface area (Å²) in [6, 6.07) is 12.8. The van der Waals surface area contributed by atoms with Gasteiger partial charge < -0.3 is 10.1 Å². The number of allylic oxidation sites excluding steroid dienone is 1. The van der Waals surface area contributed by atoms with Crippen molar-refractivity contribution in [3.63, 3.8) is 0 Å². The number of nitrogens with one attached hydrogen (secondary N) is 1. The number of anilines is 1. The third-order valence-corrected chi connectivity index (χ3v) is 4.82. The van der Waals surface area contributed by atoms with Crippen molar-refractivity contribution in [2.45, 2.75) is 18.3 Å². The number of alkyl halides is 2. The minimum atomic E-state index is -3.00. The van der Waals surface area contributed by atoms with E-state index in [4.69, 9.17) is 0 Å². The van der Waals surface area contributed by atoms with Crippen molar-refractivity contribution in [3.8, 4) is 5.75 Å². The number of thioether (sulfide) groups is 1. The van der Waals surface area contributed by atoms with E-state index in [1.807, 2.05) is 0 Å². The summed E-state index contributed by atoms with van der Waals surface area (Å²) in [5.74, 6) is -0.661. The molecule has 0 aliphatic rings. The molecule has 0 spiro atoms. The zero-order chi connectivity index (χ0) is 20.8. The van der Waals surface area contributed by atoms with Crippen molar-refractivity contribution in [1.82, 2.24) is 9.55 Å². The lowest BCUT2D eigenvalue weighted by Gasteiger charge is -2.13. The van der Waals surface area contributed by atoms with Crippen LogP contribution < -0.4 is 15.6 Å². The molecule has 1 N–H and O–H groups in total. The number of halogens is 2. The van der Waals surface area contributed by atoms with Crippen molar-refractivity contribution in [3.05, 3.63) is 71.5 Å². The van der Waals surface area contributed by atoms with E-state index in [2.05, 4.69) is 21.6 Å². The molecule has 0 radical (unpaired) electrons. The Hall–Kier alpha value is -3.20. The molecule has 6 nitrogen and oxygen atoms in total. The first-order chi connectivity index (χ1) is 14.0. The van der Waals surface area contributed by atoms with Gasteiger partial charge in [-0.2, -0.15) is 8.78 Å². The Bertz CT molecular complexity index is 1100. The highest BCUT2D eigenvalue weighted by atomic mass is 32.2. The molecule has 0 aliphatic heterocycles. The molecule has 1 aromatic heterocycles. The van der Waals surface area contributed by atoms with Crippen LogP contribution in [0.2, 0.25) is 0 Å². The Morgan fingerprint density at radius 3 is 2.72 bits per heavy atom. The second kappa shape index (κ2) is 9.33. The molecule has 0 unspecified atom stereocenters. The van der Waals surface area contributed by atoms with Crippen LogP contribution in [0.5, 0.6) is 5.75 Å². The molecule has 0 saturated carbocycles. The van der Waals surface area contributed by atoms with E-state index in [1.54, 1.807) is 36.4 Å². The Morgan fingerprint density at radius 1 is 1.24 bits per heavy atom. The van der Waals surface area contributed by atoms with Crippen molar-refractivity contribution in [1.29, 1.82) is 0 Å². The zero-order valence-corrected chi connectivity index (χ0v) is 16.0. The van der Waals surface area contributed by atoms with Crippen molar-refractivity contribution < 1.29 is 18.3 Å². The van der Waals surface area contributed by atoms with E-state index in [0.29, 0.717) is 16.1 Å². The summed E-state index contributed by atoms with van der Waals surface area (Å²) in [6.07, 6.45) is 1.57. The summed E-state index contributed by atoms with van der Waals surface area (Å²) >= 11 is 1.07. The second-order valence-corrected chi connectivity index (χ2v) is 6.77. The van der Waals surface area contributed by atoms with Gasteiger partial charge in [-0.1, -0.05) is 42.1 Å². The quantitative estimate of drug-likeness (QED) is 0.342. The average molecular weight is 417 g/mol. The van der Waals surface area contributed by atoms with Crippen molar-refractivity contribution in [2.75, 3.05) is 11.1 Å². The normalized spacial score (nSPS) is 10.9. The fraction of sp³-hybridized carbons (Fsp3) is 0.150. The second-order valence-electron chi connectivity index (χ2n) is 5.83. The Balaban J connectivity index is 1.79. The first kappa shape index (κ1) is 20.5. The van der Waals surface area contributed by atoms with Gasteiger partial charge in [-0.25, -0.2) is 4.98 Å². The molecule has 0 bridgehead atoms. The minimum Gasteiger partial charge on any atom is -0.433 e. The highest BCUT2D eigenvalue weighted by molar-refractivity contribution is 7.99. The van der Waals surface area contributed by atoms with Gasteiger partial charge in [0.15, 0.2) is 5.16 Å². The lowest BCUT2D eigenvalue weighted by atomic mass is 10.2. The monoisotopic (exact) mass is 417 g/mol. The standard InChI is InChI=1S/C20H17F2N3O3S/c1-2-11-25-18(27)13-7-3-4-8-14(13)24-20(25)29-12-17(26)23-15-9-5-6-10-16(15)28-19(21)22/h2-10,19H,1,11-12H2,(H,23,26). The summed E-state index contributed by atoms with van der Waals surface area (Å²) in [4.78, 5) is 29.5. The molecule has 0 aliphatic carbocycles. The molecule has 1 heterocycles. The SMILES string of the molecule is C=CCn1c(SCC(=O)Nc2ccccc2OC(F)F)nc2ccccc2c1=O. The van der Waals surface area contributed by atoms with E-state index in [9.17, 15) is 18.4 Å². The Labute approximate surface area is 169 Å². The predicted octanol–water partition coefficient (Wildman–Crippen LogP) is 3.91. The van der Waals surface area contributed by atoms with E-state index in [1.165, 1.54) is 22.8 Å². The molecule has 29 heavy (non-hydrogen) atoms. The maximum absolute atomic E-state index is 12.7. The number of carbonyl (C=O) groups is 1. The average Bonchev–Trinajstić information content (AvgIpc) is 2.70. The number of hydrogen-bond donors (Lipinski definition) is 1. The smallest absolute Gasteiger partial charge is 0.387 e. The van der Waals surface area contributed by atoms with Gasteiger partial charge in [0.05, 0.1) is 22.3 Å². The lowest BCUT2D eigenvalue weighted by molar-refractivity contribution is -0.113. The summed E-state index contributed by atoms with van der Waals surface area (Å²) in [5, 5.41) is 3.37. The maximum atomic E-state index is 12.7. The number of fused-ring (bicyclic) bond motifs is 1. The van der Waals surface area contributed by atoms with Gasteiger partial charge >= 0.3 is 6.61 Å². The topological polar surface area (TPSA) is 73.2 Å². The molecule has 0 saturated heterocycles. The molecular formula is C20H17F2N3O3S. The van der Waals surface area contributed by atoms with Crippen LogP contribution in [0.4, 0.5) is 14.5 Å². The number of para-hydroxylation sites is 3. The molecule has 3 rings (SSSR count).